The van der Waals surface area contributed by atoms with Gasteiger partial charge in [-0.1, -0.05) is 0 Å². The van der Waals surface area contributed by atoms with Crippen LogP contribution in [0.5, 0.6) is 0 Å². The Morgan fingerprint density at radius 2 is 1.68 bits per heavy atom. The molecule has 16 heteroatoms. The first-order valence-corrected chi connectivity index (χ1v) is 14.3. The van der Waals surface area contributed by atoms with Gasteiger partial charge in [0, 0.05) is 17.6 Å². The topological polar surface area (TPSA) is 148 Å². The van der Waals surface area contributed by atoms with E-state index in [1.807, 2.05) is 0 Å². The zero-order chi connectivity index (χ0) is 27.3. The van der Waals surface area contributed by atoms with Gasteiger partial charge in [-0.2, -0.15) is 13.2 Å². The third-order valence-corrected chi connectivity index (χ3v) is 10.5. The van der Waals surface area contributed by atoms with Gasteiger partial charge < -0.3 is 15.1 Å². The zero-order valence-corrected chi connectivity index (χ0v) is 21.3. The molecular weight excluding hydrogens is 567 g/mol. The van der Waals surface area contributed by atoms with Gasteiger partial charge in [0.2, 0.25) is 15.4 Å². The largest absolute Gasteiger partial charge is 0.446 e. The maximum absolute atomic E-state index is 12.9. The fourth-order valence-electron chi connectivity index (χ4n) is 3.51. The Labute approximate surface area is 217 Å². The summed E-state index contributed by atoms with van der Waals surface area (Å²) in [5.41, 5.74) is 6.36. The molecule has 0 atom stereocenters. The van der Waals surface area contributed by atoms with Crippen molar-refractivity contribution in [2.45, 2.75) is 19.6 Å². The lowest BCUT2D eigenvalue weighted by atomic mass is 10.2. The lowest BCUT2D eigenvalue weighted by Crippen LogP contribution is -2.42. The Hall–Kier alpha value is -3.89. The molecule has 0 spiro atoms. The molecule has 4 aromatic rings. The normalized spacial score (nSPS) is 14.2. The molecule has 4 heterocycles. The van der Waals surface area contributed by atoms with Gasteiger partial charge in [0.1, 0.15) is 20.9 Å². The summed E-state index contributed by atoms with van der Waals surface area (Å²) in [5.74, 6) is 0.423. The van der Waals surface area contributed by atoms with E-state index in [0.29, 0.717) is 45.9 Å². The molecule has 0 fully saturated rings. The van der Waals surface area contributed by atoms with Gasteiger partial charge in [0.25, 0.3) is 10.0 Å². The third-order valence-electron chi connectivity index (χ3n) is 5.42. The van der Waals surface area contributed by atoms with Crippen LogP contribution in [-0.2, 0) is 26.0 Å². The van der Waals surface area contributed by atoms with Gasteiger partial charge >= 0.3 is 6.18 Å². The lowest BCUT2D eigenvalue weighted by molar-refractivity contribution is -0.137. The predicted molar refractivity (Wildman–Crippen MR) is 131 cm³/mol. The molecule has 0 amide bonds. The maximum atomic E-state index is 12.9. The molecular formula is C22H16F3N5O5S3. The SMILES string of the molecule is NC1=c2ccoc2=NCN1c1ccc(NS(=O)(=O)c2ccc(S(=O)(=O)c3ccc(C(F)(F)F)cn3)s2)cc1. The van der Waals surface area contributed by atoms with E-state index in [1.165, 1.54) is 18.4 Å². The van der Waals surface area contributed by atoms with E-state index in [4.69, 9.17) is 10.2 Å². The number of nitrogens with one attached hydrogen (secondary N) is 1. The number of aromatic nitrogens is 1. The van der Waals surface area contributed by atoms with Crippen LogP contribution in [-0.4, -0.2) is 28.5 Å². The summed E-state index contributed by atoms with van der Waals surface area (Å²) >= 11 is 0.441. The molecule has 38 heavy (non-hydrogen) atoms. The third kappa shape index (κ3) is 4.72. The number of halogens is 3. The average Bonchev–Trinajstić information content (AvgIpc) is 3.56. The molecule has 0 aliphatic carbocycles. The summed E-state index contributed by atoms with van der Waals surface area (Å²) in [6.07, 6.45) is -2.80. The summed E-state index contributed by atoms with van der Waals surface area (Å²) in [6.45, 7) is 0.206. The second-order valence-corrected chi connectivity index (χ2v) is 13.0. The molecule has 198 valence electrons. The van der Waals surface area contributed by atoms with Crippen LogP contribution < -0.4 is 26.1 Å². The van der Waals surface area contributed by atoms with Gasteiger partial charge in [-0.25, -0.2) is 26.8 Å². The van der Waals surface area contributed by atoms with Crippen molar-refractivity contribution in [3.8, 4) is 0 Å². The summed E-state index contributed by atoms with van der Waals surface area (Å²) in [6, 6.07) is 11.4. The van der Waals surface area contributed by atoms with Crippen molar-refractivity contribution in [1.82, 2.24) is 4.98 Å². The number of benzene rings is 1. The van der Waals surface area contributed by atoms with Crippen molar-refractivity contribution in [2.24, 2.45) is 10.7 Å². The average molecular weight is 584 g/mol. The summed E-state index contributed by atoms with van der Waals surface area (Å²) in [7, 11) is -8.52. The standard InChI is InChI=1S/C22H16F3N5O5S3/c23-22(24,25)13-1-6-17(27-11-13)37(31,32)18-7-8-19(36-18)38(33,34)29-14-2-4-15(5-3-14)30-12-28-21-16(20(30)26)9-10-35-21/h1-11,29H,12,26H2. The van der Waals surface area contributed by atoms with Crippen molar-refractivity contribution < 1.29 is 34.4 Å². The number of hydrogen-bond donors (Lipinski definition) is 2. The van der Waals surface area contributed by atoms with E-state index in [0.717, 1.165) is 18.2 Å². The molecule has 1 aliphatic heterocycles. The summed E-state index contributed by atoms with van der Waals surface area (Å²) in [4.78, 5) is 9.40. The number of alkyl halides is 3. The Morgan fingerprint density at radius 1 is 0.974 bits per heavy atom. The van der Waals surface area contributed by atoms with E-state index < -0.39 is 36.6 Å². The maximum Gasteiger partial charge on any atom is 0.417 e. The highest BCUT2D eigenvalue weighted by molar-refractivity contribution is 7.96. The highest BCUT2D eigenvalue weighted by Gasteiger charge is 2.32. The van der Waals surface area contributed by atoms with Crippen molar-refractivity contribution in [1.29, 1.82) is 0 Å². The highest BCUT2D eigenvalue weighted by Crippen LogP contribution is 2.33. The number of sulfone groups is 1. The molecule has 1 aromatic carbocycles. The molecule has 3 N–H and O–H groups in total. The first-order valence-electron chi connectivity index (χ1n) is 10.5. The minimum absolute atomic E-state index is 0.201. The number of rotatable bonds is 6. The van der Waals surface area contributed by atoms with Gasteiger partial charge in [-0.05, 0) is 54.6 Å². The minimum Gasteiger partial charge on any atom is -0.446 e. The van der Waals surface area contributed by atoms with Crippen molar-refractivity contribution in [3.63, 3.8) is 0 Å². The van der Waals surface area contributed by atoms with Crippen LogP contribution in [0.3, 0.4) is 0 Å². The Kier molecular flexibility index (Phi) is 6.19. The minimum atomic E-state index is -4.68. The molecule has 5 rings (SSSR count). The second kappa shape index (κ2) is 9.14. The Bertz CT molecular complexity index is 1850. The van der Waals surface area contributed by atoms with E-state index in [1.54, 1.807) is 23.1 Å². The number of hydrogen-bond acceptors (Lipinski definition) is 10. The fraction of sp³-hybridized carbons (Fsp3) is 0.0909. The number of thiophene rings is 1. The fourth-order valence-corrected chi connectivity index (χ4v) is 7.63. The number of sulfonamides is 1. The summed E-state index contributed by atoms with van der Waals surface area (Å²) < 4.78 is 96.5. The molecule has 0 saturated heterocycles. The van der Waals surface area contributed by atoms with Crippen LogP contribution in [0.25, 0.3) is 5.82 Å². The van der Waals surface area contributed by atoms with E-state index >= 15 is 0 Å². The summed E-state index contributed by atoms with van der Waals surface area (Å²) in [5, 5.41) is -0.00103. The van der Waals surface area contributed by atoms with Crippen LogP contribution in [0, 0.1) is 0 Å². The smallest absolute Gasteiger partial charge is 0.417 e. The van der Waals surface area contributed by atoms with Crippen LogP contribution in [0.4, 0.5) is 24.5 Å². The number of anilines is 2. The highest BCUT2D eigenvalue weighted by atomic mass is 32.3. The molecule has 0 bridgehead atoms. The van der Waals surface area contributed by atoms with Gasteiger partial charge in [-0.15, -0.1) is 11.3 Å². The van der Waals surface area contributed by atoms with E-state index in [2.05, 4.69) is 14.7 Å². The number of pyridine rings is 1. The molecule has 0 saturated carbocycles. The van der Waals surface area contributed by atoms with Crippen LogP contribution in [0.15, 0.2) is 89.9 Å². The lowest BCUT2D eigenvalue weighted by Gasteiger charge is -2.24. The molecule has 0 unspecified atom stereocenters. The van der Waals surface area contributed by atoms with Crippen LogP contribution in [0.1, 0.15) is 5.56 Å². The Balaban J connectivity index is 1.34. The van der Waals surface area contributed by atoms with Crippen LogP contribution >= 0.6 is 11.3 Å². The molecule has 3 aromatic heterocycles. The van der Waals surface area contributed by atoms with Crippen molar-refractivity contribution >= 4 is 48.4 Å². The first-order chi connectivity index (χ1) is 17.9. The molecule has 10 nitrogen and oxygen atoms in total. The monoisotopic (exact) mass is 583 g/mol. The Morgan fingerprint density at radius 3 is 2.34 bits per heavy atom. The zero-order valence-electron chi connectivity index (χ0n) is 18.9. The molecule has 0 radical (unpaired) electrons. The first kappa shape index (κ1) is 25.7. The van der Waals surface area contributed by atoms with Crippen molar-refractivity contribution in [3.05, 3.63) is 83.4 Å². The van der Waals surface area contributed by atoms with Crippen LogP contribution in [0.2, 0.25) is 0 Å². The molecule has 1 aliphatic rings. The van der Waals surface area contributed by atoms with E-state index in [-0.39, 0.29) is 20.8 Å². The number of fused-ring (bicyclic) bond motifs is 1. The van der Waals surface area contributed by atoms with Crippen molar-refractivity contribution in [2.75, 3.05) is 16.3 Å². The predicted octanol–water partition coefficient (Wildman–Crippen LogP) is 2.51. The van der Waals surface area contributed by atoms with Gasteiger partial charge in [-0.3, -0.25) is 4.72 Å². The number of nitrogens with zero attached hydrogens (tertiary/aromatic N) is 3. The quantitative estimate of drug-likeness (QED) is 0.352. The van der Waals surface area contributed by atoms with Gasteiger partial charge in [0.15, 0.2) is 5.03 Å². The second-order valence-electron chi connectivity index (χ2n) is 7.86. The van der Waals surface area contributed by atoms with E-state index in [9.17, 15) is 30.0 Å². The number of nitrogens with two attached hydrogens (primary N) is 1. The number of furan rings is 1. The van der Waals surface area contributed by atoms with Gasteiger partial charge in [0.05, 0.1) is 17.0 Å².